The van der Waals surface area contributed by atoms with Gasteiger partial charge in [0.2, 0.25) is 5.78 Å². The van der Waals surface area contributed by atoms with Gasteiger partial charge in [0.25, 0.3) is 0 Å². The normalized spacial score (nSPS) is 17.0. The minimum absolute atomic E-state index is 0.142. The molecule has 0 heterocycles. The fourth-order valence-electron chi connectivity index (χ4n) is 2.72. The van der Waals surface area contributed by atoms with E-state index < -0.39 is 6.10 Å². The van der Waals surface area contributed by atoms with Gasteiger partial charge in [0.15, 0.2) is 17.3 Å². The first-order chi connectivity index (χ1) is 11.9. The molecule has 0 aromatic heterocycles. The van der Waals surface area contributed by atoms with Crippen LogP contribution in [0.4, 0.5) is 0 Å². The second-order valence-electron chi connectivity index (χ2n) is 5.99. The topological polar surface area (TPSA) is 65.0 Å². The van der Waals surface area contributed by atoms with Gasteiger partial charge in [-0.25, -0.2) is 0 Å². The molecule has 2 rings (SSSR count). The number of aliphatic hydroxyl groups excluding tert-OH is 1. The van der Waals surface area contributed by atoms with E-state index in [1.54, 1.807) is 32.3 Å². The third-order valence-electron chi connectivity index (χ3n) is 3.92. The Kier molecular flexibility index (Phi) is 6.04. The zero-order chi connectivity index (χ0) is 18.6. The summed E-state index contributed by atoms with van der Waals surface area (Å²) in [5.41, 5.74) is 3.31. The van der Waals surface area contributed by atoms with E-state index in [1.807, 2.05) is 26.0 Å². The number of rotatable bonds is 6. The molecule has 1 atom stereocenters. The largest absolute Gasteiger partial charge is 0.493 e. The lowest BCUT2D eigenvalue weighted by molar-refractivity contribution is -0.115. The number of Topliss-reactive ketones (excluding diaryl/α,β-unsaturated/α-hetero) is 1. The molecule has 1 N–H and O–H groups in total. The molecule has 0 bridgehead atoms. The van der Waals surface area contributed by atoms with Crippen LogP contribution in [-0.4, -0.2) is 37.8 Å². The summed E-state index contributed by atoms with van der Waals surface area (Å²) in [4.78, 5) is 11.9. The number of ether oxygens (including phenoxy) is 3. The maximum atomic E-state index is 11.9. The van der Waals surface area contributed by atoms with Crippen LogP contribution in [0.3, 0.4) is 0 Å². The quantitative estimate of drug-likeness (QED) is 0.859. The number of carbonyl (C=O) groups excluding carboxylic acids is 1. The summed E-state index contributed by atoms with van der Waals surface area (Å²) in [6.07, 6.45) is 4.56. The van der Waals surface area contributed by atoms with Crippen molar-refractivity contribution in [1.29, 1.82) is 0 Å². The van der Waals surface area contributed by atoms with Gasteiger partial charge >= 0.3 is 0 Å². The molecule has 5 nitrogen and oxygen atoms in total. The minimum Gasteiger partial charge on any atom is -0.493 e. The Morgan fingerprint density at radius 3 is 2.44 bits per heavy atom. The molecule has 0 aliphatic heterocycles. The Labute approximate surface area is 148 Å². The van der Waals surface area contributed by atoms with Crippen molar-refractivity contribution in [3.8, 4) is 11.5 Å². The molecule has 1 aliphatic carbocycles. The van der Waals surface area contributed by atoms with E-state index in [0.717, 1.165) is 16.7 Å². The zero-order valence-corrected chi connectivity index (χ0v) is 15.3. The van der Waals surface area contributed by atoms with Crippen LogP contribution in [0.25, 0.3) is 0 Å². The zero-order valence-electron chi connectivity index (χ0n) is 15.3. The van der Waals surface area contributed by atoms with Gasteiger partial charge in [-0.1, -0.05) is 6.07 Å². The molecule has 1 aromatic carbocycles. The lowest BCUT2D eigenvalue weighted by Crippen LogP contribution is -2.20. The van der Waals surface area contributed by atoms with Crippen molar-refractivity contribution >= 4 is 5.78 Å². The Morgan fingerprint density at radius 2 is 1.84 bits per heavy atom. The van der Waals surface area contributed by atoms with E-state index in [-0.39, 0.29) is 18.1 Å². The minimum atomic E-state index is -0.586. The van der Waals surface area contributed by atoms with Crippen LogP contribution in [0.15, 0.2) is 47.3 Å². The first-order valence-electron chi connectivity index (χ1n) is 8.02. The Hall–Kier alpha value is -2.53. The summed E-state index contributed by atoms with van der Waals surface area (Å²) in [5, 5.41) is 9.72. The third kappa shape index (κ3) is 4.31. The molecular weight excluding hydrogens is 320 g/mol. The highest BCUT2D eigenvalue weighted by Crippen LogP contribution is 2.33. The van der Waals surface area contributed by atoms with Crippen LogP contribution >= 0.6 is 0 Å². The molecule has 5 heteroatoms. The van der Waals surface area contributed by atoms with Crippen molar-refractivity contribution in [2.75, 3.05) is 20.8 Å². The Morgan fingerprint density at radius 1 is 1.12 bits per heavy atom. The molecule has 0 saturated carbocycles. The molecule has 134 valence electrons. The molecule has 0 spiro atoms. The van der Waals surface area contributed by atoms with Crippen LogP contribution in [0.2, 0.25) is 0 Å². The predicted molar refractivity (Wildman–Crippen MR) is 95.9 cm³/mol. The van der Waals surface area contributed by atoms with Crippen molar-refractivity contribution < 1.29 is 24.1 Å². The second kappa shape index (κ2) is 8.03. The molecule has 1 unspecified atom stereocenters. The average Bonchev–Trinajstić information content (AvgIpc) is 2.58. The number of methoxy groups -OCH3 is 2. The van der Waals surface area contributed by atoms with Gasteiger partial charge in [0, 0.05) is 5.57 Å². The molecule has 0 amide bonds. The highest BCUT2D eigenvalue weighted by atomic mass is 16.5. The van der Waals surface area contributed by atoms with Gasteiger partial charge in [-0.05, 0) is 61.8 Å². The molecule has 0 fully saturated rings. The summed E-state index contributed by atoms with van der Waals surface area (Å²) in [7, 11) is 3.04. The van der Waals surface area contributed by atoms with E-state index in [2.05, 4.69) is 0 Å². The van der Waals surface area contributed by atoms with Crippen molar-refractivity contribution in [2.45, 2.75) is 26.9 Å². The van der Waals surface area contributed by atoms with E-state index in [1.165, 1.54) is 7.11 Å². The Bertz CT molecular complexity index is 756. The number of allylic oxidation sites excluding steroid dienone is 4. The fraction of sp³-hybridized carbons (Fsp3) is 0.350. The number of hydrogen-bond acceptors (Lipinski definition) is 5. The molecule has 25 heavy (non-hydrogen) atoms. The third-order valence-corrected chi connectivity index (χ3v) is 3.92. The summed E-state index contributed by atoms with van der Waals surface area (Å²) in [6, 6.07) is 3.88. The van der Waals surface area contributed by atoms with Crippen molar-refractivity contribution in [1.82, 2.24) is 0 Å². The van der Waals surface area contributed by atoms with Crippen LogP contribution < -0.4 is 9.47 Å². The van der Waals surface area contributed by atoms with E-state index >= 15 is 0 Å². The number of benzene rings is 1. The number of carbonyl (C=O) groups is 1. The average molecular weight is 344 g/mol. The molecular formula is C20H24O5. The molecule has 0 saturated heterocycles. The lowest BCUT2D eigenvalue weighted by Gasteiger charge is -2.20. The Balaban J connectivity index is 2.33. The summed E-state index contributed by atoms with van der Waals surface area (Å²) < 4.78 is 16.5. The van der Waals surface area contributed by atoms with Crippen LogP contribution in [-0.2, 0) is 9.53 Å². The van der Waals surface area contributed by atoms with Gasteiger partial charge in [-0.2, -0.15) is 0 Å². The summed E-state index contributed by atoms with van der Waals surface area (Å²) in [6.45, 7) is 5.42. The van der Waals surface area contributed by atoms with E-state index in [4.69, 9.17) is 14.2 Å². The van der Waals surface area contributed by atoms with Crippen LogP contribution in [0, 0.1) is 13.8 Å². The highest BCUT2D eigenvalue weighted by Gasteiger charge is 2.19. The second-order valence-corrected chi connectivity index (χ2v) is 5.99. The maximum absolute atomic E-state index is 11.9. The van der Waals surface area contributed by atoms with Crippen molar-refractivity contribution in [2.24, 2.45) is 0 Å². The van der Waals surface area contributed by atoms with Gasteiger partial charge in [-0.15, -0.1) is 0 Å². The van der Waals surface area contributed by atoms with Gasteiger partial charge in [0.1, 0.15) is 6.10 Å². The lowest BCUT2D eigenvalue weighted by atomic mass is 9.99. The standard InChI is InChI=1S/C20H24O5/c1-12-6-14(3)20(18(7-12)24-5)25-16(11-21)9-15-8-13(2)19(22)17(10-15)23-4/h6-10,16,21H,11H2,1-5H3/b15-9-. The van der Waals surface area contributed by atoms with E-state index in [9.17, 15) is 9.90 Å². The number of aliphatic hydroxyl groups is 1. The number of hydrogen-bond donors (Lipinski definition) is 1. The fourth-order valence-corrected chi connectivity index (χ4v) is 2.72. The first-order valence-corrected chi connectivity index (χ1v) is 8.02. The predicted octanol–water partition coefficient (Wildman–Crippen LogP) is 3.04. The van der Waals surface area contributed by atoms with Crippen molar-refractivity contribution in [3.63, 3.8) is 0 Å². The number of aryl methyl sites for hydroxylation is 2. The maximum Gasteiger partial charge on any atom is 0.223 e. The van der Waals surface area contributed by atoms with Crippen molar-refractivity contribution in [3.05, 3.63) is 58.4 Å². The SMILES string of the molecule is COC1=C/C(=C\C(CO)Oc2c(C)cc(C)cc2OC)C=C(C)C1=O. The molecule has 0 radical (unpaired) electrons. The number of ketones is 1. The van der Waals surface area contributed by atoms with Crippen LogP contribution in [0.1, 0.15) is 18.1 Å². The monoisotopic (exact) mass is 344 g/mol. The van der Waals surface area contributed by atoms with Gasteiger partial charge < -0.3 is 19.3 Å². The van der Waals surface area contributed by atoms with Gasteiger partial charge in [0.05, 0.1) is 20.8 Å². The summed E-state index contributed by atoms with van der Waals surface area (Å²) in [5.74, 6) is 1.34. The molecule has 1 aromatic rings. The van der Waals surface area contributed by atoms with Gasteiger partial charge in [-0.3, -0.25) is 4.79 Å². The summed E-state index contributed by atoms with van der Waals surface area (Å²) >= 11 is 0. The molecule has 1 aliphatic rings. The van der Waals surface area contributed by atoms with E-state index in [0.29, 0.717) is 17.1 Å². The highest BCUT2D eigenvalue weighted by molar-refractivity contribution is 6.08. The first kappa shape index (κ1) is 18.8. The smallest absolute Gasteiger partial charge is 0.223 e. The van der Waals surface area contributed by atoms with Crippen LogP contribution in [0.5, 0.6) is 11.5 Å².